The number of aryl methyl sites for hydroxylation is 2. The number of esters is 1. The highest BCUT2D eigenvalue weighted by molar-refractivity contribution is 5.74. The maximum absolute atomic E-state index is 13.4. The van der Waals surface area contributed by atoms with Crippen LogP contribution in [0.15, 0.2) is 73.3 Å². The Labute approximate surface area is 266 Å². The molecule has 0 amide bonds. The van der Waals surface area contributed by atoms with Gasteiger partial charge in [0.2, 0.25) is 0 Å². The van der Waals surface area contributed by atoms with Crippen molar-refractivity contribution in [1.29, 1.82) is 0 Å². The van der Waals surface area contributed by atoms with E-state index in [1.807, 2.05) is 80.6 Å². The highest BCUT2D eigenvalue weighted by atomic mass is 16.6. The minimum absolute atomic E-state index is 0.192. The maximum Gasteiger partial charge on any atom is 0.306 e. The molecule has 5 rings (SSSR count). The number of ether oxygens (including phenoxy) is 4. The lowest BCUT2D eigenvalue weighted by atomic mass is 9.99. The van der Waals surface area contributed by atoms with Gasteiger partial charge in [-0.25, -0.2) is 0 Å². The molecule has 2 heterocycles. The van der Waals surface area contributed by atoms with E-state index in [-0.39, 0.29) is 18.4 Å². The molecule has 1 fully saturated rings. The Balaban J connectivity index is 1.31. The molecule has 3 aromatic rings. The number of allylic oxidation sites excluding steroid dienone is 1. The van der Waals surface area contributed by atoms with E-state index in [0.29, 0.717) is 50.7 Å². The fourth-order valence-corrected chi connectivity index (χ4v) is 5.74. The molecule has 45 heavy (non-hydrogen) atoms. The number of likely N-dealkylation sites (tertiary alicyclic amines) is 1. The van der Waals surface area contributed by atoms with Crippen LogP contribution >= 0.6 is 0 Å². The van der Waals surface area contributed by atoms with E-state index in [1.54, 1.807) is 0 Å². The van der Waals surface area contributed by atoms with Gasteiger partial charge in [0, 0.05) is 19.4 Å². The third kappa shape index (κ3) is 9.57. The number of hydrogen-bond donors (Lipinski definition) is 2. The Kier molecular flexibility index (Phi) is 11.5. The molecule has 2 aliphatic rings. The monoisotopic (exact) mass is 614 g/mol. The van der Waals surface area contributed by atoms with Crippen LogP contribution in [-0.4, -0.2) is 67.7 Å². The first kappa shape index (κ1) is 32.5. The SMILES string of the molecule is C=C(CCC(=O)O[C@H](c1ccc2c(c1)OCCO2)[C@@H](CN1CCCC1)NC(O)CCOc1ccc(C)cc1)c1ccc(C)cc1. The van der Waals surface area contributed by atoms with Gasteiger partial charge in [0.05, 0.1) is 12.6 Å². The van der Waals surface area contributed by atoms with Crippen LogP contribution in [0.4, 0.5) is 0 Å². The van der Waals surface area contributed by atoms with Crippen LogP contribution in [-0.2, 0) is 9.53 Å². The second-order valence-electron chi connectivity index (χ2n) is 12.0. The number of aliphatic hydroxyl groups is 1. The van der Waals surface area contributed by atoms with Crippen molar-refractivity contribution < 1.29 is 28.8 Å². The van der Waals surface area contributed by atoms with E-state index in [1.165, 1.54) is 5.56 Å². The summed E-state index contributed by atoms with van der Waals surface area (Å²) in [5.41, 5.74) is 5.02. The Bertz CT molecular complexity index is 1400. The predicted molar refractivity (Wildman–Crippen MR) is 176 cm³/mol. The van der Waals surface area contributed by atoms with E-state index >= 15 is 0 Å². The third-order valence-electron chi connectivity index (χ3n) is 8.35. The summed E-state index contributed by atoms with van der Waals surface area (Å²) >= 11 is 0. The molecule has 0 aromatic heterocycles. The van der Waals surface area contributed by atoms with Gasteiger partial charge in [-0.1, -0.05) is 60.2 Å². The second-order valence-corrected chi connectivity index (χ2v) is 12.0. The standard InChI is InChI=1S/C37H46N2O6/c1-26-6-11-29(12-7-26)28(3)10-17-36(41)45-37(30-13-16-33-34(24-30)44-23-22-43-33)32(25-39-19-4-5-20-39)38-35(40)18-21-42-31-14-8-27(2)9-15-31/h6-9,11-16,24,32,35,37-38,40H,3-5,10,17-23,25H2,1-2H3/t32-,35?,37-/m1/s1. The summed E-state index contributed by atoms with van der Waals surface area (Å²) < 4.78 is 23.8. The molecule has 8 nitrogen and oxygen atoms in total. The number of benzene rings is 3. The van der Waals surface area contributed by atoms with Crippen molar-refractivity contribution in [1.82, 2.24) is 10.2 Å². The van der Waals surface area contributed by atoms with E-state index in [9.17, 15) is 9.90 Å². The molecule has 1 saturated heterocycles. The molecular weight excluding hydrogens is 568 g/mol. The second kappa shape index (κ2) is 15.9. The first-order valence-corrected chi connectivity index (χ1v) is 16.0. The maximum atomic E-state index is 13.4. The molecule has 0 spiro atoms. The summed E-state index contributed by atoms with van der Waals surface area (Å²) in [4.78, 5) is 15.8. The molecular formula is C37H46N2O6. The van der Waals surface area contributed by atoms with Crippen LogP contribution in [0.25, 0.3) is 5.57 Å². The number of fused-ring (bicyclic) bond motifs is 1. The summed E-state index contributed by atoms with van der Waals surface area (Å²) in [6.07, 6.45) is 1.74. The number of rotatable bonds is 15. The van der Waals surface area contributed by atoms with E-state index in [0.717, 1.165) is 53.9 Å². The number of hydrogen-bond acceptors (Lipinski definition) is 8. The highest BCUT2D eigenvalue weighted by Gasteiger charge is 2.32. The molecule has 8 heteroatoms. The summed E-state index contributed by atoms with van der Waals surface area (Å²) in [5.74, 6) is 1.73. The highest BCUT2D eigenvalue weighted by Crippen LogP contribution is 2.35. The van der Waals surface area contributed by atoms with Gasteiger partial charge in [0.25, 0.3) is 0 Å². The molecule has 240 valence electrons. The molecule has 0 bridgehead atoms. The van der Waals surface area contributed by atoms with Crippen molar-refractivity contribution in [3.63, 3.8) is 0 Å². The summed E-state index contributed by atoms with van der Waals surface area (Å²) in [6, 6.07) is 21.3. The predicted octanol–water partition coefficient (Wildman–Crippen LogP) is 5.99. The van der Waals surface area contributed by atoms with Crippen LogP contribution in [0.2, 0.25) is 0 Å². The third-order valence-corrected chi connectivity index (χ3v) is 8.35. The molecule has 1 unspecified atom stereocenters. The zero-order chi connectivity index (χ0) is 31.6. The van der Waals surface area contributed by atoms with Gasteiger partial charge in [-0.15, -0.1) is 0 Å². The van der Waals surface area contributed by atoms with E-state index in [2.05, 4.69) is 16.8 Å². The zero-order valence-electron chi connectivity index (χ0n) is 26.5. The quantitative estimate of drug-likeness (QED) is 0.159. The summed E-state index contributed by atoms with van der Waals surface area (Å²) in [6.45, 7) is 12.1. The first-order chi connectivity index (χ1) is 21.8. The Morgan fingerprint density at radius 3 is 2.31 bits per heavy atom. The lowest BCUT2D eigenvalue weighted by Gasteiger charge is -2.33. The number of nitrogens with zero attached hydrogens (tertiary/aromatic N) is 1. The van der Waals surface area contributed by atoms with Crippen LogP contribution in [0, 0.1) is 13.8 Å². The average Bonchev–Trinajstić information content (AvgIpc) is 3.56. The van der Waals surface area contributed by atoms with E-state index < -0.39 is 12.3 Å². The molecule has 3 aromatic carbocycles. The van der Waals surface area contributed by atoms with Gasteiger partial charge in [-0.2, -0.15) is 0 Å². The van der Waals surface area contributed by atoms with Crippen molar-refractivity contribution in [3.8, 4) is 17.2 Å². The summed E-state index contributed by atoms with van der Waals surface area (Å²) in [7, 11) is 0. The minimum Gasteiger partial charge on any atom is -0.493 e. The van der Waals surface area contributed by atoms with Crippen molar-refractivity contribution in [2.45, 2.75) is 64.3 Å². The Morgan fingerprint density at radius 2 is 1.60 bits per heavy atom. The van der Waals surface area contributed by atoms with Crippen LogP contribution in [0.5, 0.6) is 17.2 Å². The minimum atomic E-state index is -0.872. The fourth-order valence-electron chi connectivity index (χ4n) is 5.74. The lowest BCUT2D eigenvalue weighted by molar-refractivity contribution is -0.152. The van der Waals surface area contributed by atoms with Crippen molar-refractivity contribution in [2.24, 2.45) is 0 Å². The number of carbonyl (C=O) groups is 1. The molecule has 2 aliphatic heterocycles. The van der Waals surface area contributed by atoms with E-state index in [4.69, 9.17) is 18.9 Å². The normalized spacial score (nSPS) is 16.5. The molecule has 0 radical (unpaired) electrons. The summed E-state index contributed by atoms with van der Waals surface area (Å²) in [5, 5.41) is 14.5. The van der Waals surface area contributed by atoms with Crippen LogP contribution < -0.4 is 19.5 Å². The van der Waals surface area contributed by atoms with Crippen molar-refractivity contribution in [2.75, 3.05) is 39.5 Å². The van der Waals surface area contributed by atoms with Gasteiger partial charge in [0.1, 0.15) is 31.3 Å². The number of carbonyl (C=O) groups excluding carboxylic acids is 1. The smallest absolute Gasteiger partial charge is 0.306 e. The lowest BCUT2D eigenvalue weighted by Crippen LogP contribution is -2.49. The van der Waals surface area contributed by atoms with Gasteiger partial charge in [-0.3, -0.25) is 10.1 Å². The van der Waals surface area contributed by atoms with Gasteiger partial charge >= 0.3 is 5.97 Å². The van der Waals surface area contributed by atoms with Gasteiger partial charge in [0.15, 0.2) is 11.5 Å². The molecule has 0 saturated carbocycles. The van der Waals surface area contributed by atoms with Gasteiger partial charge in [-0.05, 0) is 87.2 Å². The topological polar surface area (TPSA) is 89.5 Å². The Morgan fingerprint density at radius 1 is 0.933 bits per heavy atom. The van der Waals surface area contributed by atoms with Crippen LogP contribution in [0.3, 0.4) is 0 Å². The first-order valence-electron chi connectivity index (χ1n) is 16.0. The van der Waals surface area contributed by atoms with Gasteiger partial charge < -0.3 is 29.0 Å². The molecule has 2 N–H and O–H groups in total. The van der Waals surface area contributed by atoms with Crippen molar-refractivity contribution >= 4 is 11.5 Å². The number of aliphatic hydroxyl groups excluding tert-OH is 1. The van der Waals surface area contributed by atoms with Crippen LogP contribution in [0.1, 0.15) is 60.5 Å². The van der Waals surface area contributed by atoms with Crippen molar-refractivity contribution in [3.05, 3.63) is 95.6 Å². The largest absolute Gasteiger partial charge is 0.493 e. The molecule has 3 atom stereocenters. The zero-order valence-corrected chi connectivity index (χ0v) is 26.5. The number of nitrogens with one attached hydrogen (secondary N) is 1. The molecule has 0 aliphatic carbocycles. The average molecular weight is 615 g/mol. The Hall–Kier alpha value is -3.85. The fraction of sp³-hybridized carbons (Fsp3) is 0.432.